The van der Waals surface area contributed by atoms with Crippen molar-refractivity contribution in [1.29, 1.82) is 0 Å². The molecule has 6 nitrogen and oxygen atoms in total. The summed E-state index contributed by atoms with van der Waals surface area (Å²) in [5, 5.41) is 0. The molecule has 25 heavy (non-hydrogen) atoms. The molecular weight excluding hydrogens is 340 g/mol. The van der Waals surface area contributed by atoms with E-state index in [0.717, 1.165) is 30.4 Å². The standard InChI is InChI=1S/C18H28N2O4S/c1-25(22,23)24-7-3-2-4-19-5-6-20(17(19)21)18-11-14-8-15(12-18)10-16(9-14)13-18/h5-6,14-16H,2-4,7-13H2,1H3. The third-order valence-electron chi connectivity index (χ3n) is 6.46. The normalized spacial score (nSPS) is 33.9. The van der Waals surface area contributed by atoms with Crippen molar-refractivity contribution in [3.8, 4) is 0 Å². The Morgan fingerprint density at radius 1 is 1.08 bits per heavy atom. The highest BCUT2D eigenvalue weighted by molar-refractivity contribution is 7.85. The number of nitrogens with zero attached hydrogens (tertiary/aromatic N) is 2. The lowest BCUT2D eigenvalue weighted by Gasteiger charge is -2.56. The van der Waals surface area contributed by atoms with Crippen molar-refractivity contribution in [2.75, 3.05) is 12.9 Å². The van der Waals surface area contributed by atoms with Crippen LogP contribution in [0.2, 0.25) is 0 Å². The van der Waals surface area contributed by atoms with Crippen LogP contribution in [0.25, 0.3) is 0 Å². The fourth-order valence-electron chi connectivity index (χ4n) is 5.90. The zero-order valence-corrected chi connectivity index (χ0v) is 15.7. The molecule has 0 spiro atoms. The molecule has 0 aliphatic heterocycles. The second-order valence-corrected chi connectivity index (χ2v) is 10.2. The summed E-state index contributed by atoms with van der Waals surface area (Å²) in [6, 6.07) is 0. The van der Waals surface area contributed by atoms with E-state index in [4.69, 9.17) is 4.18 Å². The maximum Gasteiger partial charge on any atom is 0.328 e. The first kappa shape index (κ1) is 17.3. The molecule has 4 saturated carbocycles. The van der Waals surface area contributed by atoms with Crippen LogP contribution >= 0.6 is 0 Å². The highest BCUT2D eigenvalue weighted by Crippen LogP contribution is 2.58. The SMILES string of the molecule is CS(=O)(=O)OCCCCn1ccn(C23CC4CC(CC(C4)C2)C3)c1=O. The predicted molar refractivity (Wildman–Crippen MR) is 94.9 cm³/mol. The van der Waals surface area contributed by atoms with E-state index in [1.54, 1.807) is 4.57 Å². The van der Waals surface area contributed by atoms with Gasteiger partial charge in [-0.25, -0.2) is 4.79 Å². The van der Waals surface area contributed by atoms with Crippen molar-refractivity contribution in [2.45, 2.75) is 63.5 Å². The van der Waals surface area contributed by atoms with E-state index < -0.39 is 10.1 Å². The van der Waals surface area contributed by atoms with Gasteiger partial charge in [0.15, 0.2) is 0 Å². The monoisotopic (exact) mass is 368 g/mol. The van der Waals surface area contributed by atoms with E-state index >= 15 is 0 Å². The molecule has 0 amide bonds. The summed E-state index contributed by atoms with van der Waals surface area (Å²) < 4.78 is 30.4. The van der Waals surface area contributed by atoms with Gasteiger partial charge in [0, 0.05) is 24.5 Å². The van der Waals surface area contributed by atoms with E-state index in [-0.39, 0.29) is 17.8 Å². The van der Waals surface area contributed by atoms with E-state index in [0.29, 0.717) is 13.0 Å². The first-order chi connectivity index (χ1) is 11.8. The zero-order chi connectivity index (χ0) is 17.7. The van der Waals surface area contributed by atoms with Crippen molar-refractivity contribution >= 4 is 10.1 Å². The highest BCUT2D eigenvalue weighted by atomic mass is 32.2. The Bertz CT molecular complexity index is 757. The van der Waals surface area contributed by atoms with Crippen LogP contribution in [0.5, 0.6) is 0 Å². The lowest BCUT2D eigenvalue weighted by molar-refractivity contribution is -0.0450. The third kappa shape index (κ3) is 3.45. The lowest BCUT2D eigenvalue weighted by atomic mass is 9.53. The van der Waals surface area contributed by atoms with Gasteiger partial charge >= 0.3 is 5.69 Å². The molecular formula is C18H28N2O4S. The number of rotatable bonds is 7. The molecule has 5 rings (SSSR count). The molecule has 0 unspecified atom stereocenters. The second kappa shape index (κ2) is 6.27. The minimum absolute atomic E-state index is 0.0660. The van der Waals surface area contributed by atoms with Crippen LogP contribution in [-0.2, 0) is 26.4 Å². The topological polar surface area (TPSA) is 70.3 Å². The highest BCUT2D eigenvalue weighted by Gasteiger charge is 2.52. The third-order valence-corrected chi connectivity index (χ3v) is 7.05. The van der Waals surface area contributed by atoms with Gasteiger partial charge in [-0.3, -0.25) is 13.3 Å². The maximum atomic E-state index is 12.9. The Kier molecular flexibility index (Phi) is 4.35. The van der Waals surface area contributed by atoms with Crippen molar-refractivity contribution in [3.63, 3.8) is 0 Å². The Morgan fingerprint density at radius 3 is 2.24 bits per heavy atom. The van der Waals surface area contributed by atoms with Gasteiger partial charge in [0.2, 0.25) is 0 Å². The summed E-state index contributed by atoms with van der Waals surface area (Å²) in [6.45, 7) is 0.800. The van der Waals surface area contributed by atoms with Gasteiger partial charge in [-0.15, -0.1) is 0 Å². The van der Waals surface area contributed by atoms with Crippen LogP contribution in [0.3, 0.4) is 0 Å². The van der Waals surface area contributed by atoms with Crippen LogP contribution < -0.4 is 5.69 Å². The fourth-order valence-corrected chi connectivity index (χ4v) is 6.32. The molecule has 4 aliphatic rings. The molecule has 1 aromatic heterocycles. The minimum Gasteiger partial charge on any atom is -0.299 e. The fraction of sp³-hybridized carbons (Fsp3) is 0.833. The Morgan fingerprint density at radius 2 is 1.68 bits per heavy atom. The van der Waals surface area contributed by atoms with Gasteiger partial charge in [0.05, 0.1) is 12.9 Å². The average Bonchev–Trinajstić information content (AvgIpc) is 2.86. The molecule has 0 N–H and O–H groups in total. The quantitative estimate of drug-likeness (QED) is 0.547. The molecule has 4 bridgehead atoms. The Balaban J connectivity index is 1.41. The minimum atomic E-state index is -3.37. The molecule has 7 heteroatoms. The van der Waals surface area contributed by atoms with Crippen molar-refractivity contribution < 1.29 is 12.6 Å². The maximum absolute atomic E-state index is 12.9. The number of hydrogen-bond donors (Lipinski definition) is 0. The molecule has 0 atom stereocenters. The van der Waals surface area contributed by atoms with Crippen LogP contribution in [0.4, 0.5) is 0 Å². The number of unbranched alkanes of at least 4 members (excludes halogenated alkanes) is 1. The smallest absolute Gasteiger partial charge is 0.299 e. The van der Waals surface area contributed by atoms with E-state index in [1.807, 2.05) is 17.0 Å². The Hall–Kier alpha value is -1.08. The van der Waals surface area contributed by atoms with Gasteiger partial charge in [0.1, 0.15) is 0 Å². The predicted octanol–water partition coefficient (Wildman–Crippen LogP) is 2.33. The summed E-state index contributed by atoms with van der Waals surface area (Å²) in [4.78, 5) is 12.9. The van der Waals surface area contributed by atoms with Crippen molar-refractivity contribution in [3.05, 3.63) is 22.9 Å². The van der Waals surface area contributed by atoms with E-state index in [9.17, 15) is 13.2 Å². The second-order valence-electron chi connectivity index (χ2n) is 8.52. The van der Waals surface area contributed by atoms with Crippen LogP contribution in [0.1, 0.15) is 51.4 Å². The summed E-state index contributed by atoms with van der Waals surface area (Å²) in [5.41, 5.74) is 0.169. The van der Waals surface area contributed by atoms with Crippen molar-refractivity contribution in [1.82, 2.24) is 9.13 Å². The summed E-state index contributed by atoms with van der Waals surface area (Å²) >= 11 is 0. The Labute approximate surface area is 149 Å². The summed E-state index contributed by atoms with van der Waals surface area (Å²) in [6.07, 6.45) is 13.9. The molecule has 1 heterocycles. The average molecular weight is 368 g/mol. The molecule has 0 saturated heterocycles. The number of imidazole rings is 1. The molecule has 4 fully saturated rings. The van der Waals surface area contributed by atoms with E-state index in [1.165, 1.54) is 38.5 Å². The summed E-state index contributed by atoms with van der Waals surface area (Å²) in [5.74, 6) is 2.44. The van der Waals surface area contributed by atoms with Crippen LogP contribution in [0.15, 0.2) is 17.2 Å². The molecule has 1 aromatic rings. The van der Waals surface area contributed by atoms with Gasteiger partial charge in [-0.05, 0) is 69.1 Å². The first-order valence-electron chi connectivity index (χ1n) is 9.47. The van der Waals surface area contributed by atoms with E-state index in [2.05, 4.69) is 0 Å². The van der Waals surface area contributed by atoms with Gasteiger partial charge in [0.25, 0.3) is 10.1 Å². The van der Waals surface area contributed by atoms with Crippen LogP contribution in [-0.4, -0.2) is 30.4 Å². The van der Waals surface area contributed by atoms with Gasteiger partial charge in [-0.2, -0.15) is 8.42 Å². The molecule has 4 aliphatic carbocycles. The van der Waals surface area contributed by atoms with Crippen molar-refractivity contribution in [2.24, 2.45) is 17.8 Å². The molecule has 0 radical (unpaired) electrons. The van der Waals surface area contributed by atoms with Gasteiger partial charge < -0.3 is 0 Å². The lowest BCUT2D eigenvalue weighted by Crippen LogP contribution is -2.54. The number of aromatic nitrogens is 2. The van der Waals surface area contributed by atoms with Gasteiger partial charge in [-0.1, -0.05) is 0 Å². The first-order valence-corrected chi connectivity index (χ1v) is 11.3. The number of aryl methyl sites for hydroxylation is 1. The molecule has 0 aromatic carbocycles. The summed E-state index contributed by atoms with van der Waals surface area (Å²) in [7, 11) is -3.37. The number of hydrogen-bond acceptors (Lipinski definition) is 4. The largest absolute Gasteiger partial charge is 0.328 e. The van der Waals surface area contributed by atoms with Crippen LogP contribution in [0, 0.1) is 17.8 Å². The molecule has 140 valence electrons. The zero-order valence-electron chi connectivity index (χ0n) is 14.9.